The molecule has 4 rings (SSSR count). The normalized spacial score (nSPS) is 26.2. The van der Waals surface area contributed by atoms with E-state index in [4.69, 9.17) is 0 Å². The molecule has 8 heteroatoms. The van der Waals surface area contributed by atoms with E-state index in [9.17, 15) is 31.4 Å². The Morgan fingerprint density at radius 1 is 0.923 bits per heavy atom. The fraction of sp³-hybridized carbons (Fsp3) is 0.444. The van der Waals surface area contributed by atoms with Gasteiger partial charge in [-0.15, -0.1) is 0 Å². The van der Waals surface area contributed by atoms with Gasteiger partial charge in [-0.3, -0.25) is 0 Å². The number of fused-ring (bicyclic) bond motifs is 3. The molecule has 2 aliphatic carbocycles. The maximum atomic E-state index is 13.5. The second-order valence-corrected chi connectivity index (χ2v) is 7.05. The molecular weight excluding hydrogens is 360 g/mol. The van der Waals surface area contributed by atoms with Crippen LogP contribution in [0.1, 0.15) is 30.0 Å². The summed E-state index contributed by atoms with van der Waals surface area (Å²) in [6.45, 7) is 0. The number of hydrogen-bond donors (Lipinski definition) is 2. The summed E-state index contributed by atoms with van der Waals surface area (Å²) in [5.74, 6) is -0.490. The first-order valence-electron chi connectivity index (χ1n) is 8.19. The fourth-order valence-electron chi connectivity index (χ4n) is 4.39. The molecule has 0 spiro atoms. The zero-order valence-corrected chi connectivity index (χ0v) is 13.3. The number of halogens is 6. The number of benzene rings is 1. The van der Waals surface area contributed by atoms with Gasteiger partial charge in [-0.05, 0) is 30.7 Å². The summed E-state index contributed by atoms with van der Waals surface area (Å²) in [6, 6.07) is 5.47. The number of nitrogens with one attached hydrogen (secondary N) is 1. The molecule has 2 bridgehead atoms. The minimum atomic E-state index is -5.90. The van der Waals surface area contributed by atoms with Gasteiger partial charge in [0, 0.05) is 28.1 Å². The zero-order chi connectivity index (χ0) is 18.9. The number of rotatable bonds is 2. The van der Waals surface area contributed by atoms with Crippen molar-refractivity contribution < 1.29 is 31.4 Å². The second kappa shape index (κ2) is 5.28. The Balaban J connectivity index is 2.01. The number of alkyl halides is 6. The lowest BCUT2D eigenvalue weighted by molar-refractivity contribution is -0.376. The SMILES string of the molecule is OC(c1c(C2CC3C=CC2C3)[nH]c2ccccc12)(C(F)(F)F)C(F)(F)F. The van der Waals surface area contributed by atoms with E-state index >= 15 is 0 Å². The first-order chi connectivity index (χ1) is 12.0. The molecule has 2 N–H and O–H groups in total. The highest BCUT2D eigenvalue weighted by Crippen LogP contribution is 2.57. The van der Waals surface area contributed by atoms with Crippen LogP contribution in [0.3, 0.4) is 0 Å². The molecule has 3 unspecified atom stereocenters. The van der Waals surface area contributed by atoms with Crippen molar-refractivity contribution in [1.82, 2.24) is 4.98 Å². The van der Waals surface area contributed by atoms with Crippen molar-refractivity contribution in [2.75, 3.05) is 0 Å². The molecule has 0 aliphatic heterocycles. The van der Waals surface area contributed by atoms with Crippen LogP contribution in [0.5, 0.6) is 0 Å². The molecule has 1 heterocycles. The quantitative estimate of drug-likeness (QED) is 0.552. The maximum absolute atomic E-state index is 13.5. The molecule has 1 saturated carbocycles. The average Bonchev–Trinajstić information content (AvgIpc) is 3.24. The predicted octanol–water partition coefficient (Wildman–Crippen LogP) is 5.16. The van der Waals surface area contributed by atoms with Gasteiger partial charge in [-0.25, -0.2) is 0 Å². The third-order valence-electron chi connectivity index (χ3n) is 5.57. The van der Waals surface area contributed by atoms with Gasteiger partial charge in [0.25, 0.3) is 5.60 Å². The largest absolute Gasteiger partial charge is 0.430 e. The average molecular weight is 375 g/mol. The summed E-state index contributed by atoms with van der Waals surface area (Å²) in [6.07, 6.45) is -6.85. The molecule has 2 aromatic rings. The van der Waals surface area contributed by atoms with Gasteiger partial charge in [0.15, 0.2) is 0 Å². The van der Waals surface area contributed by atoms with Crippen molar-refractivity contribution in [3.05, 3.63) is 47.7 Å². The molecule has 0 saturated heterocycles. The Bertz CT molecular complexity index is 864. The summed E-state index contributed by atoms with van der Waals surface area (Å²) in [7, 11) is 0. The number of hydrogen-bond acceptors (Lipinski definition) is 1. The summed E-state index contributed by atoms with van der Waals surface area (Å²) in [4.78, 5) is 2.75. The number of aliphatic hydroxyl groups is 1. The van der Waals surface area contributed by atoms with Crippen molar-refractivity contribution in [2.45, 2.75) is 36.7 Å². The Morgan fingerprint density at radius 3 is 2.12 bits per heavy atom. The Kier molecular flexibility index (Phi) is 3.54. The van der Waals surface area contributed by atoms with Crippen molar-refractivity contribution in [2.24, 2.45) is 11.8 Å². The van der Waals surface area contributed by atoms with Gasteiger partial charge in [0.2, 0.25) is 0 Å². The van der Waals surface area contributed by atoms with Crippen molar-refractivity contribution >= 4 is 10.9 Å². The Labute approximate surface area is 144 Å². The van der Waals surface area contributed by atoms with Crippen LogP contribution in [0.2, 0.25) is 0 Å². The van der Waals surface area contributed by atoms with Gasteiger partial charge >= 0.3 is 12.4 Å². The molecule has 26 heavy (non-hydrogen) atoms. The molecular formula is C18H15F6NO. The molecule has 1 fully saturated rings. The minimum Gasteiger partial charge on any atom is -0.369 e. The van der Waals surface area contributed by atoms with Crippen LogP contribution in [-0.4, -0.2) is 22.4 Å². The molecule has 1 aromatic carbocycles. The third-order valence-corrected chi connectivity index (χ3v) is 5.57. The van der Waals surface area contributed by atoms with E-state index in [0.717, 1.165) is 0 Å². The first-order valence-corrected chi connectivity index (χ1v) is 8.19. The van der Waals surface area contributed by atoms with Crippen LogP contribution in [-0.2, 0) is 5.60 Å². The van der Waals surface area contributed by atoms with Crippen molar-refractivity contribution in [1.29, 1.82) is 0 Å². The number of H-pyrrole nitrogens is 1. The lowest BCUT2D eigenvalue weighted by atomic mass is 9.82. The number of aromatic nitrogens is 1. The third kappa shape index (κ3) is 2.24. The van der Waals surface area contributed by atoms with E-state index in [-0.39, 0.29) is 28.4 Å². The second-order valence-electron chi connectivity index (χ2n) is 7.05. The van der Waals surface area contributed by atoms with Gasteiger partial charge in [0.05, 0.1) is 0 Å². The van der Waals surface area contributed by atoms with Crippen LogP contribution in [0.4, 0.5) is 26.3 Å². The summed E-state index contributed by atoms with van der Waals surface area (Å²) in [5.41, 5.74) is -6.06. The van der Waals surface area contributed by atoms with E-state index in [1.165, 1.54) is 24.3 Å². The van der Waals surface area contributed by atoms with Gasteiger partial charge in [-0.2, -0.15) is 26.3 Å². The molecule has 2 nitrogen and oxygen atoms in total. The van der Waals surface area contributed by atoms with Gasteiger partial charge in [-0.1, -0.05) is 30.4 Å². The summed E-state index contributed by atoms with van der Waals surface area (Å²) in [5, 5.41) is 9.81. The van der Waals surface area contributed by atoms with E-state index in [1.807, 2.05) is 12.2 Å². The maximum Gasteiger partial charge on any atom is 0.430 e. The predicted molar refractivity (Wildman–Crippen MR) is 82.4 cm³/mol. The fourth-order valence-corrected chi connectivity index (χ4v) is 4.39. The minimum absolute atomic E-state index is 0.127. The topological polar surface area (TPSA) is 36.0 Å². The van der Waals surface area contributed by atoms with Crippen molar-refractivity contribution in [3.8, 4) is 0 Å². The van der Waals surface area contributed by atoms with E-state index < -0.39 is 29.4 Å². The van der Waals surface area contributed by atoms with Crippen LogP contribution in [0.15, 0.2) is 36.4 Å². The molecule has 0 radical (unpaired) electrons. The highest BCUT2D eigenvalue weighted by atomic mass is 19.4. The summed E-state index contributed by atoms with van der Waals surface area (Å²) >= 11 is 0. The lowest BCUT2D eigenvalue weighted by Crippen LogP contribution is -2.54. The number of para-hydroxylation sites is 1. The monoisotopic (exact) mass is 375 g/mol. The van der Waals surface area contributed by atoms with Crippen molar-refractivity contribution in [3.63, 3.8) is 0 Å². The molecule has 0 amide bonds. The molecule has 3 atom stereocenters. The van der Waals surface area contributed by atoms with E-state index in [0.29, 0.717) is 12.8 Å². The van der Waals surface area contributed by atoms with E-state index in [1.54, 1.807) is 0 Å². The van der Waals surface area contributed by atoms with E-state index in [2.05, 4.69) is 4.98 Å². The highest BCUT2D eigenvalue weighted by molar-refractivity contribution is 5.86. The Morgan fingerprint density at radius 2 is 1.58 bits per heavy atom. The van der Waals surface area contributed by atoms with Crippen LogP contribution in [0.25, 0.3) is 10.9 Å². The molecule has 2 aliphatic rings. The smallest absolute Gasteiger partial charge is 0.369 e. The van der Waals surface area contributed by atoms with Gasteiger partial charge < -0.3 is 10.1 Å². The van der Waals surface area contributed by atoms with Gasteiger partial charge in [0.1, 0.15) is 0 Å². The number of aromatic amines is 1. The summed E-state index contributed by atoms with van der Waals surface area (Å²) < 4.78 is 81.3. The Hall–Kier alpha value is -1.96. The lowest BCUT2D eigenvalue weighted by Gasteiger charge is -2.34. The molecule has 1 aromatic heterocycles. The zero-order valence-electron chi connectivity index (χ0n) is 13.3. The highest BCUT2D eigenvalue weighted by Gasteiger charge is 2.73. The number of allylic oxidation sites excluding steroid dienone is 2. The van der Waals surface area contributed by atoms with Crippen LogP contribution in [0, 0.1) is 11.8 Å². The van der Waals surface area contributed by atoms with Crippen LogP contribution >= 0.6 is 0 Å². The molecule has 140 valence electrons. The van der Waals surface area contributed by atoms with Crippen LogP contribution < -0.4 is 0 Å². The first kappa shape index (κ1) is 17.5. The standard InChI is InChI=1S/C18H15F6NO/c19-17(20,21)16(26,18(22,23)24)14-11-3-1-2-4-13(11)25-15(14)12-8-9-5-6-10(12)7-9/h1-6,9-10,12,25-26H,7-8H2.